The van der Waals surface area contributed by atoms with Crippen molar-refractivity contribution in [3.8, 4) is 5.75 Å². The predicted octanol–water partition coefficient (Wildman–Crippen LogP) is 4.31. The van der Waals surface area contributed by atoms with Crippen LogP contribution >= 0.6 is 15.9 Å². The average molecular weight is 336 g/mol. The smallest absolute Gasteiger partial charge is 0.125 e. The van der Waals surface area contributed by atoms with Gasteiger partial charge in [-0.3, -0.25) is 0 Å². The Kier molecular flexibility index (Phi) is 3.66. The molecule has 104 valence electrons. The highest BCUT2D eigenvalue weighted by atomic mass is 79.9. The van der Waals surface area contributed by atoms with E-state index in [9.17, 15) is 4.39 Å². The Morgan fingerprint density at radius 3 is 3.00 bits per heavy atom. The van der Waals surface area contributed by atoms with Gasteiger partial charge in [0.25, 0.3) is 0 Å². The second kappa shape index (κ2) is 5.44. The number of fused-ring (bicyclic) bond motifs is 1. The van der Waals surface area contributed by atoms with Gasteiger partial charge >= 0.3 is 0 Å². The highest BCUT2D eigenvalue weighted by Gasteiger charge is 2.22. The zero-order valence-electron chi connectivity index (χ0n) is 11.1. The molecule has 1 heterocycles. The van der Waals surface area contributed by atoms with Crippen molar-refractivity contribution in [3.63, 3.8) is 0 Å². The van der Waals surface area contributed by atoms with Crippen LogP contribution in [0.3, 0.4) is 0 Å². The Morgan fingerprint density at radius 1 is 1.30 bits per heavy atom. The molecular formula is C16H15BrFNO. The number of halogens is 2. The van der Waals surface area contributed by atoms with Crippen LogP contribution in [0.1, 0.15) is 11.1 Å². The molecule has 4 heteroatoms. The van der Waals surface area contributed by atoms with Crippen LogP contribution in [0.25, 0.3) is 0 Å². The topological polar surface area (TPSA) is 21.3 Å². The first-order chi connectivity index (χ1) is 9.61. The van der Waals surface area contributed by atoms with Crippen molar-refractivity contribution in [2.75, 3.05) is 11.9 Å². The highest BCUT2D eigenvalue weighted by Crippen LogP contribution is 2.30. The van der Waals surface area contributed by atoms with E-state index in [1.807, 2.05) is 6.07 Å². The summed E-state index contributed by atoms with van der Waals surface area (Å²) in [6, 6.07) is 10.8. The Bertz CT molecular complexity index is 644. The number of anilines is 1. The van der Waals surface area contributed by atoms with Crippen molar-refractivity contribution in [1.82, 2.24) is 0 Å². The minimum Gasteiger partial charge on any atom is -0.488 e. The molecule has 0 amide bonds. The molecule has 0 aliphatic carbocycles. The molecule has 3 rings (SSSR count). The summed E-state index contributed by atoms with van der Waals surface area (Å²) in [6.45, 7) is 2.73. The van der Waals surface area contributed by atoms with Crippen molar-refractivity contribution >= 4 is 21.6 Å². The zero-order valence-corrected chi connectivity index (χ0v) is 12.7. The van der Waals surface area contributed by atoms with E-state index in [1.165, 1.54) is 23.3 Å². The Morgan fingerprint density at radius 2 is 2.15 bits per heavy atom. The molecule has 0 bridgehead atoms. The Labute approximate surface area is 126 Å². The quantitative estimate of drug-likeness (QED) is 0.902. The summed E-state index contributed by atoms with van der Waals surface area (Å²) in [5.74, 6) is 0.711. The number of hydrogen-bond donors (Lipinski definition) is 1. The third-order valence-corrected chi connectivity index (χ3v) is 4.10. The fraction of sp³-hybridized carbons (Fsp3) is 0.250. The maximum Gasteiger partial charge on any atom is 0.125 e. The van der Waals surface area contributed by atoms with E-state index in [0.29, 0.717) is 6.54 Å². The van der Waals surface area contributed by atoms with E-state index in [0.717, 1.165) is 22.3 Å². The SMILES string of the molecule is Cc1ccc2c(c1)CC(CNc1cc(F)ccc1Br)O2. The summed E-state index contributed by atoms with van der Waals surface area (Å²) in [4.78, 5) is 0. The van der Waals surface area contributed by atoms with Crippen molar-refractivity contribution in [2.24, 2.45) is 0 Å². The lowest BCUT2D eigenvalue weighted by atomic mass is 10.1. The maximum absolute atomic E-state index is 13.2. The van der Waals surface area contributed by atoms with E-state index >= 15 is 0 Å². The first-order valence-electron chi connectivity index (χ1n) is 6.57. The molecule has 2 nitrogen and oxygen atoms in total. The van der Waals surface area contributed by atoms with Gasteiger partial charge in [-0.2, -0.15) is 0 Å². The van der Waals surface area contributed by atoms with E-state index in [2.05, 4.69) is 40.3 Å². The van der Waals surface area contributed by atoms with E-state index in [4.69, 9.17) is 4.74 Å². The molecule has 0 saturated heterocycles. The lowest BCUT2D eigenvalue weighted by molar-refractivity contribution is 0.246. The number of benzene rings is 2. The summed E-state index contributed by atoms with van der Waals surface area (Å²) in [5, 5.41) is 3.23. The molecule has 2 aromatic carbocycles. The Balaban J connectivity index is 1.65. The zero-order chi connectivity index (χ0) is 14.1. The Hall–Kier alpha value is -1.55. The van der Waals surface area contributed by atoms with Crippen LogP contribution in [0, 0.1) is 12.7 Å². The molecule has 20 heavy (non-hydrogen) atoms. The average Bonchev–Trinajstić information content (AvgIpc) is 2.81. The molecule has 1 atom stereocenters. The van der Waals surface area contributed by atoms with Gasteiger partial charge in [0.1, 0.15) is 17.7 Å². The number of ether oxygens (including phenoxy) is 1. The van der Waals surface area contributed by atoms with Gasteiger partial charge in [-0.05, 0) is 52.7 Å². The third-order valence-electron chi connectivity index (χ3n) is 3.41. The summed E-state index contributed by atoms with van der Waals surface area (Å²) in [5.41, 5.74) is 3.24. The van der Waals surface area contributed by atoms with Crippen LogP contribution in [-0.2, 0) is 6.42 Å². The predicted molar refractivity (Wildman–Crippen MR) is 81.9 cm³/mol. The summed E-state index contributed by atoms with van der Waals surface area (Å²) in [6.07, 6.45) is 0.971. The minimum absolute atomic E-state index is 0.0852. The van der Waals surface area contributed by atoms with Gasteiger partial charge in [-0.15, -0.1) is 0 Å². The molecule has 1 N–H and O–H groups in total. The van der Waals surface area contributed by atoms with Crippen LogP contribution in [0.2, 0.25) is 0 Å². The lowest BCUT2D eigenvalue weighted by Crippen LogP contribution is -2.24. The third kappa shape index (κ3) is 2.80. The van der Waals surface area contributed by atoms with Crippen LogP contribution in [0.15, 0.2) is 40.9 Å². The van der Waals surface area contributed by atoms with Gasteiger partial charge < -0.3 is 10.1 Å². The molecule has 1 unspecified atom stereocenters. The first-order valence-corrected chi connectivity index (χ1v) is 7.36. The second-order valence-electron chi connectivity index (χ2n) is 5.06. The summed E-state index contributed by atoms with van der Waals surface area (Å²) < 4.78 is 19.9. The van der Waals surface area contributed by atoms with Gasteiger partial charge in [0.05, 0.1) is 12.2 Å². The monoisotopic (exact) mass is 335 g/mol. The van der Waals surface area contributed by atoms with E-state index in [-0.39, 0.29) is 11.9 Å². The van der Waals surface area contributed by atoms with Crippen LogP contribution in [0.4, 0.5) is 10.1 Å². The fourth-order valence-electron chi connectivity index (χ4n) is 2.42. The van der Waals surface area contributed by atoms with Gasteiger partial charge in [0, 0.05) is 10.9 Å². The highest BCUT2D eigenvalue weighted by molar-refractivity contribution is 9.10. The second-order valence-corrected chi connectivity index (χ2v) is 5.91. The molecule has 1 aliphatic heterocycles. The maximum atomic E-state index is 13.2. The van der Waals surface area contributed by atoms with Crippen LogP contribution in [0.5, 0.6) is 5.75 Å². The lowest BCUT2D eigenvalue weighted by Gasteiger charge is -2.14. The number of rotatable bonds is 3. The van der Waals surface area contributed by atoms with Crippen molar-refractivity contribution in [3.05, 3.63) is 57.8 Å². The minimum atomic E-state index is -0.248. The molecular weight excluding hydrogens is 321 g/mol. The molecule has 0 spiro atoms. The molecule has 0 radical (unpaired) electrons. The first kappa shape index (κ1) is 13.4. The van der Waals surface area contributed by atoms with Crippen molar-refractivity contribution < 1.29 is 9.13 Å². The van der Waals surface area contributed by atoms with Crippen LogP contribution in [-0.4, -0.2) is 12.6 Å². The van der Waals surface area contributed by atoms with Gasteiger partial charge in [0.15, 0.2) is 0 Å². The molecule has 0 fully saturated rings. The van der Waals surface area contributed by atoms with E-state index < -0.39 is 0 Å². The number of nitrogens with one attached hydrogen (secondary N) is 1. The van der Waals surface area contributed by atoms with Crippen molar-refractivity contribution in [2.45, 2.75) is 19.4 Å². The molecule has 0 aromatic heterocycles. The largest absolute Gasteiger partial charge is 0.488 e. The number of aryl methyl sites for hydroxylation is 1. The van der Waals surface area contributed by atoms with Gasteiger partial charge in [0.2, 0.25) is 0 Å². The standard InChI is InChI=1S/C16H15BrFNO/c1-10-2-5-16-11(6-10)7-13(20-16)9-19-15-8-12(18)3-4-14(15)17/h2-6,8,13,19H,7,9H2,1H3. The van der Waals surface area contributed by atoms with E-state index in [1.54, 1.807) is 6.07 Å². The van der Waals surface area contributed by atoms with Gasteiger partial charge in [-0.25, -0.2) is 4.39 Å². The molecule has 0 saturated carbocycles. The number of hydrogen-bond acceptors (Lipinski definition) is 2. The van der Waals surface area contributed by atoms with Gasteiger partial charge in [-0.1, -0.05) is 17.7 Å². The summed E-state index contributed by atoms with van der Waals surface area (Å²) >= 11 is 3.41. The van der Waals surface area contributed by atoms with Crippen LogP contribution < -0.4 is 10.1 Å². The normalized spacial score (nSPS) is 16.6. The molecule has 2 aromatic rings. The fourth-order valence-corrected chi connectivity index (χ4v) is 2.81. The molecule has 1 aliphatic rings. The van der Waals surface area contributed by atoms with Crippen molar-refractivity contribution in [1.29, 1.82) is 0 Å². The summed E-state index contributed by atoms with van der Waals surface area (Å²) in [7, 11) is 0.